The molecule has 0 atom stereocenters. The van der Waals surface area contributed by atoms with Gasteiger partial charge in [0.05, 0.1) is 12.7 Å². The van der Waals surface area contributed by atoms with E-state index in [9.17, 15) is 18.0 Å². The molecule has 0 spiro atoms. The van der Waals surface area contributed by atoms with E-state index >= 15 is 0 Å². The smallest absolute Gasteiger partial charge is 0.306 e. The van der Waals surface area contributed by atoms with E-state index < -0.39 is 17.8 Å². The molecule has 4 nitrogen and oxygen atoms in total. The van der Waals surface area contributed by atoms with E-state index in [0.29, 0.717) is 0 Å². The predicted octanol–water partition coefficient (Wildman–Crippen LogP) is 2.73. The lowest BCUT2D eigenvalue weighted by atomic mass is 10.2. The highest BCUT2D eigenvalue weighted by atomic mass is 19.4. The molecule has 0 unspecified atom stereocenters. The fraction of sp³-hybridized carbons (Fsp3) is 0.300. The number of amides is 2. The number of alkyl halides is 3. The third-order valence-electron chi connectivity index (χ3n) is 2.00. The summed E-state index contributed by atoms with van der Waals surface area (Å²) >= 11 is 0. The van der Waals surface area contributed by atoms with Crippen LogP contribution in [-0.2, 0) is 11.0 Å². The Morgan fingerprint density at radius 2 is 2.06 bits per heavy atom. The van der Waals surface area contributed by atoms with Gasteiger partial charge in [-0.2, -0.15) is 13.2 Å². The molecule has 2 amide bonds. The number of carbonyl (C=O) groups excluding carboxylic acids is 1. The van der Waals surface area contributed by atoms with Crippen LogP contribution in [0.1, 0.15) is 5.56 Å². The van der Waals surface area contributed by atoms with Crippen LogP contribution < -0.4 is 5.32 Å². The summed E-state index contributed by atoms with van der Waals surface area (Å²) in [5.74, 6) is 0. The molecule has 7 heteroatoms. The molecular weight excluding hydrogens is 237 g/mol. The maximum atomic E-state index is 12.4. The fourth-order valence-electron chi connectivity index (χ4n) is 1.06. The second-order valence-corrected chi connectivity index (χ2v) is 3.19. The van der Waals surface area contributed by atoms with Crippen LogP contribution in [0, 0.1) is 0 Å². The molecule has 0 bridgehead atoms. The molecule has 0 saturated heterocycles. The quantitative estimate of drug-likeness (QED) is 0.817. The second-order valence-electron chi connectivity index (χ2n) is 3.19. The number of anilines is 1. The Balaban J connectivity index is 2.83. The normalized spacial score (nSPS) is 11.1. The van der Waals surface area contributed by atoms with Crippen LogP contribution in [0.25, 0.3) is 0 Å². The van der Waals surface area contributed by atoms with E-state index in [1.165, 1.54) is 26.3 Å². The van der Waals surface area contributed by atoms with Gasteiger partial charge in [-0.25, -0.2) is 9.86 Å². The van der Waals surface area contributed by atoms with Crippen LogP contribution in [0.3, 0.4) is 0 Å². The average molecular weight is 248 g/mol. The molecule has 1 N–H and O–H groups in total. The summed E-state index contributed by atoms with van der Waals surface area (Å²) in [4.78, 5) is 15.9. The van der Waals surface area contributed by atoms with Crippen molar-refractivity contribution in [2.24, 2.45) is 0 Å². The van der Waals surface area contributed by atoms with Gasteiger partial charge in [-0.3, -0.25) is 4.84 Å². The molecule has 0 radical (unpaired) electrons. The van der Waals surface area contributed by atoms with Gasteiger partial charge < -0.3 is 5.32 Å². The van der Waals surface area contributed by atoms with E-state index in [4.69, 9.17) is 0 Å². The van der Waals surface area contributed by atoms with Crippen LogP contribution in [0.2, 0.25) is 0 Å². The standard InChI is InChI=1S/C10H11F3N2O2/c1-15(17-2)9(16)14-8-5-3-4-7(6-8)10(11,12)13/h3-6H,1-2H3,(H,14,16). The summed E-state index contributed by atoms with van der Waals surface area (Å²) in [6, 6.07) is 3.69. The molecule has 0 saturated carbocycles. The van der Waals surface area contributed by atoms with Crippen LogP contribution in [0.4, 0.5) is 23.7 Å². The average Bonchev–Trinajstić information content (AvgIpc) is 2.27. The van der Waals surface area contributed by atoms with Gasteiger partial charge >= 0.3 is 12.2 Å². The number of halogens is 3. The Morgan fingerprint density at radius 3 is 2.59 bits per heavy atom. The monoisotopic (exact) mass is 248 g/mol. The lowest BCUT2D eigenvalue weighted by molar-refractivity contribution is -0.137. The van der Waals surface area contributed by atoms with Gasteiger partial charge in [0.1, 0.15) is 0 Å². The van der Waals surface area contributed by atoms with Crippen molar-refractivity contribution in [3.63, 3.8) is 0 Å². The Labute approximate surface area is 95.9 Å². The summed E-state index contributed by atoms with van der Waals surface area (Å²) in [5.41, 5.74) is -0.774. The minimum atomic E-state index is -4.44. The molecule has 17 heavy (non-hydrogen) atoms. The number of benzene rings is 1. The molecule has 1 aromatic rings. The van der Waals surface area contributed by atoms with Crippen molar-refractivity contribution in [3.05, 3.63) is 29.8 Å². The van der Waals surface area contributed by atoms with E-state index in [1.54, 1.807) is 0 Å². The van der Waals surface area contributed by atoms with Crippen molar-refractivity contribution in [1.82, 2.24) is 5.06 Å². The summed E-state index contributed by atoms with van der Waals surface area (Å²) < 4.78 is 37.1. The molecule has 0 aliphatic rings. The van der Waals surface area contributed by atoms with Crippen molar-refractivity contribution < 1.29 is 22.8 Å². The maximum Gasteiger partial charge on any atom is 0.416 e. The van der Waals surface area contributed by atoms with Gasteiger partial charge in [-0.1, -0.05) is 6.07 Å². The van der Waals surface area contributed by atoms with Gasteiger partial charge in [0, 0.05) is 12.7 Å². The van der Waals surface area contributed by atoms with E-state index in [0.717, 1.165) is 17.2 Å². The molecule has 0 aromatic heterocycles. The fourth-order valence-corrected chi connectivity index (χ4v) is 1.06. The zero-order chi connectivity index (χ0) is 13.1. The Hall–Kier alpha value is -1.76. The second kappa shape index (κ2) is 5.05. The van der Waals surface area contributed by atoms with Crippen LogP contribution in [-0.4, -0.2) is 25.3 Å². The Morgan fingerprint density at radius 1 is 1.41 bits per heavy atom. The van der Waals surface area contributed by atoms with Crippen LogP contribution in [0.15, 0.2) is 24.3 Å². The third kappa shape index (κ3) is 3.63. The zero-order valence-corrected chi connectivity index (χ0v) is 9.21. The van der Waals surface area contributed by atoms with Crippen molar-refractivity contribution >= 4 is 11.7 Å². The first kappa shape index (κ1) is 13.3. The van der Waals surface area contributed by atoms with Crippen LogP contribution in [0.5, 0.6) is 0 Å². The van der Waals surface area contributed by atoms with Gasteiger partial charge in [-0.05, 0) is 18.2 Å². The summed E-state index contributed by atoms with van der Waals surface area (Å²) in [6.45, 7) is 0. The SMILES string of the molecule is CON(C)C(=O)Nc1cccc(C(F)(F)F)c1. The largest absolute Gasteiger partial charge is 0.416 e. The van der Waals surface area contributed by atoms with Crippen molar-refractivity contribution in [2.75, 3.05) is 19.5 Å². The number of rotatable bonds is 2. The number of nitrogens with zero attached hydrogens (tertiary/aromatic N) is 1. The van der Waals surface area contributed by atoms with Gasteiger partial charge in [0.25, 0.3) is 0 Å². The first-order chi connectivity index (χ1) is 7.84. The van der Waals surface area contributed by atoms with Crippen molar-refractivity contribution in [3.8, 4) is 0 Å². The van der Waals surface area contributed by atoms with Crippen LogP contribution >= 0.6 is 0 Å². The first-order valence-electron chi connectivity index (χ1n) is 4.60. The molecule has 0 fully saturated rings. The Bertz CT molecular complexity index is 407. The van der Waals surface area contributed by atoms with Crippen molar-refractivity contribution in [2.45, 2.75) is 6.18 Å². The summed E-state index contributed by atoms with van der Waals surface area (Å²) in [6.07, 6.45) is -4.44. The van der Waals surface area contributed by atoms with Gasteiger partial charge in [0.15, 0.2) is 0 Å². The minimum absolute atomic E-state index is 0.0497. The first-order valence-corrected chi connectivity index (χ1v) is 4.60. The highest BCUT2D eigenvalue weighted by Gasteiger charge is 2.30. The van der Waals surface area contributed by atoms with E-state index in [-0.39, 0.29) is 5.69 Å². The number of carbonyl (C=O) groups is 1. The van der Waals surface area contributed by atoms with E-state index in [1.807, 2.05) is 0 Å². The van der Waals surface area contributed by atoms with Crippen molar-refractivity contribution in [1.29, 1.82) is 0 Å². The molecule has 1 aromatic carbocycles. The summed E-state index contributed by atoms with van der Waals surface area (Å²) in [5, 5.41) is 3.13. The molecular formula is C10H11F3N2O2. The highest BCUT2D eigenvalue weighted by Crippen LogP contribution is 2.30. The molecule has 1 rings (SSSR count). The summed E-state index contributed by atoms with van der Waals surface area (Å²) in [7, 11) is 2.61. The molecule has 94 valence electrons. The lowest BCUT2D eigenvalue weighted by Crippen LogP contribution is -2.30. The topological polar surface area (TPSA) is 41.6 Å². The highest BCUT2D eigenvalue weighted by molar-refractivity contribution is 5.88. The van der Waals surface area contributed by atoms with Gasteiger partial charge in [-0.15, -0.1) is 0 Å². The van der Waals surface area contributed by atoms with E-state index in [2.05, 4.69) is 10.2 Å². The molecule has 0 aliphatic heterocycles. The lowest BCUT2D eigenvalue weighted by Gasteiger charge is -2.15. The number of hydroxylamine groups is 2. The minimum Gasteiger partial charge on any atom is -0.306 e. The maximum absolute atomic E-state index is 12.4. The number of hydrogen-bond donors (Lipinski definition) is 1. The molecule has 0 heterocycles. The third-order valence-corrected chi connectivity index (χ3v) is 2.00. The Kier molecular flexibility index (Phi) is 3.95. The predicted molar refractivity (Wildman–Crippen MR) is 55.2 cm³/mol. The number of urea groups is 1. The zero-order valence-electron chi connectivity index (χ0n) is 9.21. The van der Waals surface area contributed by atoms with Gasteiger partial charge in [0.2, 0.25) is 0 Å². The number of hydrogen-bond acceptors (Lipinski definition) is 2. The number of nitrogens with one attached hydrogen (secondary N) is 1. The molecule has 0 aliphatic carbocycles.